The number of isocyanates is 1. The lowest BCUT2D eigenvalue weighted by atomic mass is 10.3. The minimum atomic E-state index is 0.0444. The molecule has 0 rings (SSSR count). The number of carbonyl (C=O) groups excluding carboxylic acids is 1. The van der Waals surface area contributed by atoms with Gasteiger partial charge >= 0.3 is 0 Å². The summed E-state index contributed by atoms with van der Waals surface area (Å²) in [6.45, 7) is 5.19. The number of aliphatic imine (C=N–C) groups is 1. The van der Waals surface area contributed by atoms with E-state index in [0.717, 1.165) is 19.4 Å². The smallest absolute Gasteiger partial charge is 0.235 e. The fourth-order valence-electron chi connectivity index (χ4n) is 0.647. The van der Waals surface area contributed by atoms with E-state index in [4.69, 9.17) is 4.74 Å². The van der Waals surface area contributed by atoms with E-state index < -0.39 is 0 Å². The Bertz CT molecular complexity index is 130. The average Bonchev–Trinajstić information content (AvgIpc) is 2.01. The Hall–Kier alpha value is -0.660. The van der Waals surface area contributed by atoms with Crippen LogP contribution in [0.15, 0.2) is 4.99 Å². The molecule has 0 spiro atoms. The van der Waals surface area contributed by atoms with Crippen molar-refractivity contribution in [1.82, 2.24) is 0 Å². The number of hydrogen-bond acceptors (Lipinski definition) is 3. The first-order valence-electron chi connectivity index (χ1n) is 3.96. The second-order valence-corrected chi connectivity index (χ2v) is 2.47. The molecule has 0 aliphatic heterocycles. The van der Waals surface area contributed by atoms with Gasteiger partial charge in [0.25, 0.3) is 0 Å². The van der Waals surface area contributed by atoms with E-state index in [0.29, 0.717) is 6.54 Å². The van der Waals surface area contributed by atoms with Gasteiger partial charge in [0.15, 0.2) is 0 Å². The van der Waals surface area contributed by atoms with E-state index in [1.54, 1.807) is 0 Å². The standard InChI is InChI=1S/C8H15NO2/c1-3-4-5-11-8(2)6-9-7-10/h8H,3-6H2,1-2H3. The van der Waals surface area contributed by atoms with Crippen LogP contribution < -0.4 is 0 Å². The monoisotopic (exact) mass is 157 g/mol. The second-order valence-electron chi connectivity index (χ2n) is 2.47. The van der Waals surface area contributed by atoms with E-state index in [-0.39, 0.29) is 6.10 Å². The highest BCUT2D eigenvalue weighted by Crippen LogP contribution is 1.94. The van der Waals surface area contributed by atoms with Gasteiger partial charge in [0.1, 0.15) is 0 Å². The van der Waals surface area contributed by atoms with Crippen molar-refractivity contribution in [2.75, 3.05) is 13.2 Å². The molecule has 0 aromatic carbocycles. The van der Waals surface area contributed by atoms with Crippen molar-refractivity contribution < 1.29 is 9.53 Å². The summed E-state index contributed by atoms with van der Waals surface area (Å²) in [5, 5.41) is 0. The molecule has 3 nitrogen and oxygen atoms in total. The van der Waals surface area contributed by atoms with Gasteiger partial charge in [-0.1, -0.05) is 13.3 Å². The molecule has 0 saturated carbocycles. The Kier molecular flexibility index (Phi) is 7.00. The first-order chi connectivity index (χ1) is 5.31. The number of nitrogens with zero attached hydrogens (tertiary/aromatic N) is 1. The van der Waals surface area contributed by atoms with Crippen LogP contribution in [-0.4, -0.2) is 25.3 Å². The summed E-state index contributed by atoms with van der Waals surface area (Å²) in [5.74, 6) is 0. The van der Waals surface area contributed by atoms with Crippen molar-refractivity contribution >= 4 is 6.08 Å². The van der Waals surface area contributed by atoms with Crippen molar-refractivity contribution in [3.63, 3.8) is 0 Å². The van der Waals surface area contributed by atoms with Crippen LogP contribution in [0.25, 0.3) is 0 Å². The molecule has 0 radical (unpaired) electrons. The maximum atomic E-state index is 9.69. The topological polar surface area (TPSA) is 38.7 Å². The van der Waals surface area contributed by atoms with Crippen LogP contribution >= 0.6 is 0 Å². The normalized spacial score (nSPS) is 12.2. The third-order valence-corrected chi connectivity index (χ3v) is 1.31. The number of ether oxygens (including phenoxy) is 1. The predicted octanol–water partition coefficient (Wildman–Crippen LogP) is 1.53. The first-order valence-corrected chi connectivity index (χ1v) is 3.96. The summed E-state index contributed by atoms with van der Waals surface area (Å²) in [7, 11) is 0. The molecular formula is C8H15NO2. The largest absolute Gasteiger partial charge is 0.377 e. The molecule has 1 unspecified atom stereocenters. The molecule has 64 valence electrons. The molecular weight excluding hydrogens is 142 g/mol. The van der Waals surface area contributed by atoms with Crippen LogP contribution in [0, 0.1) is 0 Å². The molecule has 0 aromatic rings. The predicted molar refractivity (Wildman–Crippen MR) is 43.3 cm³/mol. The number of rotatable bonds is 6. The van der Waals surface area contributed by atoms with Crippen LogP contribution in [0.1, 0.15) is 26.7 Å². The van der Waals surface area contributed by atoms with Crippen LogP contribution in [0.5, 0.6) is 0 Å². The fraction of sp³-hybridized carbons (Fsp3) is 0.875. The Morgan fingerprint density at radius 2 is 2.36 bits per heavy atom. The lowest BCUT2D eigenvalue weighted by molar-refractivity contribution is 0.0702. The molecule has 0 aliphatic rings. The van der Waals surface area contributed by atoms with Gasteiger partial charge in [-0.25, -0.2) is 9.79 Å². The molecule has 0 amide bonds. The van der Waals surface area contributed by atoms with E-state index in [1.165, 1.54) is 6.08 Å². The molecule has 0 bridgehead atoms. The Morgan fingerprint density at radius 3 is 2.91 bits per heavy atom. The van der Waals surface area contributed by atoms with Crippen LogP contribution in [-0.2, 0) is 9.53 Å². The van der Waals surface area contributed by atoms with Crippen molar-refractivity contribution in [2.45, 2.75) is 32.8 Å². The Morgan fingerprint density at radius 1 is 1.64 bits per heavy atom. The third-order valence-electron chi connectivity index (χ3n) is 1.31. The van der Waals surface area contributed by atoms with Gasteiger partial charge in [-0.15, -0.1) is 0 Å². The molecule has 1 atom stereocenters. The highest BCUT2D eigenvalue weighted by Gasteiger charge is 1.98. The summed E-state index contributed by atoms with van der Waals surface area (Å²) in [5.41, 5.74) is 0. The first kappa shape index (κ1) is 10.3. The quantitative estimate of drug-likeness (QED) is 0.333. The van der Waals surface area contributed by atoms with Crippen molar-refractivity contribution in [3.8, 4) is 0 Å². The zero-order valence-electron chi connectivity index (χ0n) is 7.17. The Labute approximate surface area is 67.5 Å². The van der Waals surface area contributed by atoms with Crippen molar-refractivity contribution in [3.05, 3.63) is 0 Å². The van der Waals surface area contributed by atoms with Crippen LogP contribution in [0.4, 0.5) is 0 Å². The second kappa shape index (κ2) is 7.45. The van der Waals surface area contributed by atoms with E-state index in [2.05, 4.69) is 11.9 Å². The molecule has 0 N–H and O–H groups in total. The molecule has 11 heavy (non-hydrogen) atoms. The maximum absolute atomic E-state index is 9.69. The fourth-order valence-corrected chi connectivity index (χ4v) is 0.647. The minimum Gasteiger partial charge on any atom is -0.377 e. The Balaban J connectivity index is 3.21. The summed E-state index contributed by atoms with van der Waals surface area (Å²) < 4.78 is 5.31. The lowest BCUT2D eigenvalue weighted by Crippen LogP contribution is -2.12. The molecule has 0 aromatic heterocycles. The van der Waals surface area contributed by atoms with Gasteiger partial charge in [0.2, 0.25) is 6.08 Å². The lowest BCUT2D eigenvalue weighted by Gasteiger charge is -2.08. The SMILES string of the molecule is CCCCOC(C)CN=C=O. The van der Waals surface area contributed by atoms with E-state index in [1.807, 2.05) is 6.92 Å². The maximum Gasteiger partial charge on any atom is 0.235 e. The summed E-state index contributed by atoms with van der Waals surface area (Å²) >= 11 is 0. The van der Waals surface area contributed by atoms with Crippen LogP contribution in [0.2, 0.25) is 0 Å². The summed E-state index contributed by atoms with van der Waals surface area (Å²) in [6, 6.07) is 0. The van der Waals surface area contributed by atoms with Gasteiger partial charge in [0, 0.05) is 6.61 Å². The molecule has 0 aliphatic carbocycles. The highest BCUT2D eigenvalue weighted by atomic mass is 16.5. The summed E-state index contributed by atoms with van der Waals surface area (Å²) in [4.78, 5) is 13.1. The molecule has 0 heterocycles. The van der Waals surface area contributed by atoms with Crippen molar-refractivity contribution in [2.24, 2.45) is 4.99 Å². The van der Waals surface area contributed by atoms with Gasteiger partial charge in [-0.2, -0.15) is 0 Å². The zero-order chi connectivity index (χ0) is 8.53. The van der Waals surface area contributed by atoms with E-state index in [9.17, 15) is 4.79 Å². The van der Waals surface area contributed by atoms with Crippen molar-refractivity contribution in [1.29, 1.82) is 0 Å². The van der Waals surface area contributed by atoms with Crippen LogP contribution in [0.3, 0.4) is 0 Å². The molecule has 0 saturated heterocycles. The van der Waals surface area contributed by atoms with Gasteiger partial charge < -0.3 is 4.74 Å². The number of unbranched alkanes of at least 4 members (excludes halogenated alkanes) is 1. The minimum absolute atomic E-state index is 0.0444. The third kappa shape index (κ3) is 7.23. The van der Waals surface area contributed by atoms with Gasteiger partial charge in [-0.3, -0.25) is 0 Å². The van der Waals surface area contributed by atoms with Gasteiger partial charge in [0.05, 0.1) is 12.6 Å². The zero-order valence-corrected chi connectivity index (χ0v) is 7.17. The van der Waals surface area contributed by atoms with Gasteiger partial charge in [-0.05, 0) is 13.3 Å². The molecule has 3 heteroatoms. The molecule has 0 fully saturated rings. The van der Waals surface area contributed by atoms with E-state index >= 15 is 0 Å². The average molecular weight is 157 g/mol. The number of hydrogen-bond donors (Lipinski definition) is 0. The summed E-state index contributed by atoms with van der Waals surface area (Å²) in [6.07, 6.45) is 3.72. The highest BCUT2D eigenvalue weighted by molar-refractivity contribution is 5.32.